The van der Waals surface area contributed by atoms with E-state index in [1.165, 1.54) is 20.3 Å². The summed E-state index contributed by atoms with van der Waals surface area (Å²) in [5.74, 6) is -0.161. The minimum atomic E-state index is -0.723. The summed E-state index contributed by atoms with van der Waals surface area (Å²) in [4.78, 5) is 19.2. The zero-order chi connectivity index (χ0) is 22.4. The summed E-state index contributed by atoms with van der Waals surface area (Å²) in [6.45, 7) is -0.490. The van der Waals surface area contributed by atoms with Crippen molar-refractivity contribution in [3.05, 3.63) is 64.6 Å². The van der Waals surface area contributed by atoms with E-state index in [0.717, 1.165) is 6.08 Å². The first-order chi connectivity index (χ1) is 15.0. The van der Waals surface area contributed by atoms with E-state index in [1.54, 1.807) is 24.3 Å². The molecular formula is C22H18ClN3O5. The summed E-state index contributed by atoms with van der Waals surface area (Å²) in [6, 6.07) is 12.3. The van der Waals surface area contributed by atoms with E-state index < -0.39 is 18.3 Å². The van der Waals surface area contributed by atoms with E-state index in [9.17, 15) is 15.2 Å². The molecule has 8 nitrogen and oxygen atoms in total. The number of H-pyrrole nitrogens is 1. The number of allylic oxidation sites excluding steroid dienone is 1. The Morgan fingerprint density at radius 1 is 1.29 bits per heavy atom. The number of aliphatic hydroxyl groups is 1. The number of nitrogens with zero attached hydrogens (tertiary/aromatic N) is 2. The zero-order valence-electron chi connectivity index (χ0n) is 16.7. The predicted molar refractivity (Wildman–Crippen MR) is 116 cm³/mol. The molecule has 0 bridgehead atoms. The Kier molecular flexibility index (Phi) is 6.80. The molecule has 0 aliphatic carbocycles. The van der Waals surface area contributed by atoms with Crippen LogP contribution in [0.4, 0.5) is 0 Å². The molecule has 0 aliphatic heterocycles. The lowest BCUT2D eigenvalue weighted by Gasteiger charge is -2.10. The summed E-state index contributed by atoms with van der Waals surface area (Å²) in [5, 5.41) is 19.9. The Morgan fingerprint density at radius 2 is 2.06 bits per heavy atom. The highest BCUT2D eigenvalue weighted by Gasteiger charge is 2.14. The van der Waals surface area contributed by atoms with Crippen LogP contribution in [0.3, 0.4) is 0 Å². The second-order valence-corrected chi connectivity index (χ2v) is 6.62. The largest absolute Gasteiger partial charge is 0.507 e. The van der Waals surface area contributed by atoms with Crippen molar-refractivity contribution in [1.29, 1.82) is 5.26 Å². The summed E-state index contributed by atoms with van der Waals surface area (Å²) in [7, 11) is 2.94. The fourth-order valence-electron chi connectivity index (χ4n) is 2.78. The lowest BCUT2D eigenvalue weighted by molar-refractivity contribution is -0.137. The van der Waals surface area contributed by atoms with Gasteiger partial charge < -0.3 is 24.3 Å². The van der Waals surface area contributed by atoms with Gasteiger partial charge in [-0.1, -0.05) is 23.7 Å². The Labute approximate surface area is 182 Å². The molecule has 9 heteroatoms. The minimum absolute atomic E-state index is 0.111. The van der Waals surface area contributed by atoms with Crippen LogP contribution in [0.1, 0.15) is 11.4 Å². The van der Waals surface area contributed by atoms with Gasteiger partial charge in [0.2, 0.25) is 0 Å². The molecule has 1 aromatic heterocycles. The lowest BCUT2D eigenvalue weighted by Crippen LogP contribution is -2.06. The van der Waals surface area contributed by atoms with Crippen LogP contribution in [0.15, 0.2) is 48.2 Å². The van der Waals surface area contributed by atoms with Crippen molar-refractivity contribution < 1.29 is 24.1 Å². The average molecular weight is 440 g/mol. The molecule has 0 radical (unpaired) electrons. The van der Waals surface area contributed by atoms with E-state index in [0.29, 0.717) is 33.1 Å². The second-order valence-electron chi connectivity index (χ2n) is 6.22. The van der Waals surface area contributed by atoms with E-state index >= 15 is 0 Å². The van der Waals surface area contributed by atoms with Crippen molar-refractivity contribution in [3.8, 4) is 17.6 Å². The number of benzene rings is 2. The standard InChI is InChI=1S/C22H18ClN3O5/c1-29-19-10-13(9-15(23)21(19)30-2)7-8-20(28)31-12-18(27)14(11-24)22-25-16-5-3-4-6-17(16)26-22/h3-10,27H,12H2,1-2H3,(H,25,26)/b8-7?,18-14-. The molecule has 0 saturated heterocycles. The SMILES string of the molecule is COc1cc(C=CC(=O)OC/C(O)=C(\C#N)c2nc3ccccc3[nH]2)cc(Cl)c1OC. The summed E-state index contributed by atoms with van der Waals surface area (Å²) >= 11 is 6.14. The molecule has 0 aliphatic rings. The number of nitriles is 1. The molecule has 2 aromatic carbocycles. The van der Waals surface area contributed by atoms with Crippen LogP contribution < -0.4 is 9.47 Å². The molecule has 0 spiro atoms. The van der Waals surface area contributed by atoms with Crippen LogP contribution in [0.2, 0.25) is 5.02 Å². The molecule has 0 fully saturated rings. The number of aliphatic hydroxyl groups excluding tert-OH is 1. The number of rotatable bonds is 7. The third-order valence-electron chi connectivity index (χ3n) is 4.25. The topological polar surface area (TPSA) is 117 Å². The van der Waals surface area contributed by atoms with Gasteiger partial charge in [0.25, 0.3) is 0 Å². The first-order valence-electron chi connectivity index (χ1n) is 9.00. The first-order valence-corrected chi connectivity index (χ1v) is 9.38. The van der Waals surface area contributed by atoms with Crippen LogP contribution in [-0.4, -0.2) is 41.9 Å². The van der Waals surface area contributed by atoms with Gasteiger partial charge in [-0.2, -0.15) is 5.26 Å². The number of carbonyl (C=O) groups is 1. The normalized spacial score (nSPS) is 11.8. The third kappa shape index (κ3) is 4.97. The van der Waals surface area contributed by atoms with Gasteiger partial charge in [0, 0.05) is 6.08 Å². The predicted octanol–water partition coefficient (Wildman–Crippen LogP) is 4.28. The van der Waals surface area contributed by atoms with Gasteiger partial charge >= 0.3 is 5.97 Å². The number of fused-ring (bicyclic) bond motifs is 1. The second kappa shape index (κ2) is 9.69. The molecule has 1 heterocycles. The number of imidazole rings is 1. The molecule has 0 saturated carbocycles. The van der Waals surface area contributed by atoms with Crippen molar-refractivity contribution >= 4 is 40.3 Å². The number of hydrogen-bond donors (Lipinski definition) is 2. The van der Waals surface area contributed by atoms with E-state index in [1.807, 2.05) is 18.2 Å². The number of para-hydroxylation sites is 2. The van der Waals surface area contributed by atoms with Crippen molar-refractivity contribution in [2.75, 3.05) is 20.8 Å². The molecule has 3 aromatic rings. The number of nitrogens with one attached hydrogen (secondary N) is 1. The Balaban J connectivity index is 1.70. The van der Waals surface area contributed by atoms with Crippen molar-refractivity contribution in [2.45, 2.75) is 0 Å². The van der Waals surface area contributed by atoms with Crippen LogP contribution in [0.5, 0.6) is 11.5 Å². The first kappa shape index (κ1) is 21.7. The van der Waals surface area contributed by atoms with Crippen molar-refractivity contribution in [1.82, 2.24) is 9.97 Å². The molecular weight excluding hydrogens is 422 g/mol. The van der Waals surface area contributed by atoms with Crippen molar-refractivity contribution in [3.63, 3.8) is 0 Å². The van der Waals surface area contributed by atoms with Gasteiger partial charge in [-0.25, -0.2) is 9.78 Å². The van der Waals surface area contributed by atoms with E-state index in [-0.39, 0.29) is 11.4 Å². The summed E-state index contributed by atoms with van der Waals surface area (Å²) < 4.78 is 15.4. The zero-order valence-corrected chi connectivity index (χ0v) is 17.4. The lowest BCUT2D eigenvalue weighted by atomic mass is 10.2. The highest BCUT2D eigenvalue weighted by atomic mass is 35.5. The van der Waals surface area contributed by atoms with Gasteiger partial charge in [0.15, 0.2) is 23.1 Å². The van der Waals surface area contributed by atoms with Gasteiger partial charge in [0.1, 0.15) is 18.2 Å². The number of esters is 1. The maximum Gasteiger partial charge on any atom is 0.331 e. The minimum Gasteiger partial charge on any atom is -0.507 e. The number of hydrogen-bond acceptors (Lipinski definition) is 7. The highest BCUT2D eigenvalue weighted by Crippen LogP contribution is 2.36. The Bertz CT molecular complexity index is 1190. The number of methoxy groups -OCH3 is 2. The molecule has 31 heavy (non-hydrogen) atoms. The Morgan fingerprint density at radius 3 is 2.74 bits per heavy atom. The number of carbonyl (C=O) groups excluding carboxylic acids is 1. The fourth-order valence-corrected chi connectivity index (χ4v) is 3.08. The maximum absolute atomic E-state index is 12.0. The van der Waals surface area contributed by atoms with Crippen LogP contribution in [0.25, 0.3) is 22.7 Å². The summed E-state index contributed by atoms with van der Waals surface area (Å²) in [6.07, 6.45) is 2.64. The molecule has 0 atom stereocenters. The quantitative estimate of drug-likeness (QED) is 0.244. The van der Waals surface area contributed by atoms with Gasteiger partial charge in [-0.3, -0.25) is 0 Å². The van der Waals surface area contributed by atoms with Gasteiger partial charge in [0.05, 0.1) is 30.3 Å². The van der Waals surface area contributed by atoms with Gasteiger partial charge in [-0.15, -0.1) is 0 Å². The fraction of sp³-hybridized carbons (Fsp3) is 0.136. The van der Waals surface area contributed by atoms with Crippen LogP contribution in [-0.2, 0) is 9.53 Å². The van der Waals surface area contributed by atoms with Gasteiger partial charge in [-0.05, 0) is 35.9 Å². The molecule has 0 amide bonds. The molecule has 158 valence electrons. The Hall–Kier alpha value is -3.96. The van der Waals surface area contributed by atoms with E-state index in [2.05, 4.69) is 9.97 Å². The smallest absolute Gasteiger partial charge is 0.331 e. The third-order valence-corrected chi connectivity index (χ3v) is 4.53. The molecule has 2 N–H and O–H groups in total. The monoisotopic (exact) mass is 439 g/mol. The maximum atomic E-state index is 12.0. The number of ether oxygens (including phenoxy) is 3. The highest BCUT2D eigenvalue weighted by molar-refractivity contribution is 6.32. The van der Waals surface area contributed by atoms with Crippen LogP contribution >= 0.6 is 11.6 Å². The number of halogens is 1. The molecule has 0 unspecified atom stereocenters. The van der Waals surface area contributed by atoms with Crippen LogP contribution in [0, 0.1) is 11.3 Å². The number of aromatic amines is 1. The van der Waals surface area contributed by atoms with Crippen molar-refractivity contribution in [2.24, 2.45) is 0 Å². The van der Waals surface area contributed by atoms with E-state index in [4.69, 9.17) is 25.8 Å². The summed E-state index contributed by atoms with van der Waals surface area (Å²) in [5.41, 5.74) is 1.83. The molecule has 3 rings (SSSR count). The average Bonchev–Trinajstić information content (AvgIpc) is 3.19. The number of aromatic nitrogens is 2.